The number of alkyl halides is 3. The number of hydrogen-bond acceptors (Lipinski definition) is 5. The molecule has 1 aromatic heterocycles. The fourth-order valence-electron chi connectivity index (χ4n) is 3.81. The van der Waals surface area contributed by atoms with Crippen molar-refractivity contribution in [2.24, 2.45) is 5.92 Å². The van der Waals surface area contributed by atoms with Crippen LogP contribution < -0.4 is 10.1 Å². The second-order valence-corrected chi connectivity index (χ2v) is 9.43. The van der Waals surface area contributed by atoms with E-state index in [1.54, 1.807) is 6.20 Å². The number of benzene rings is 1. The highest BCUT2D eigenvalue weighted by molar-refractivity contribution is 9.10. The number of ether oxygens (including phenoxy) is 1. The molecule has 3 rings (SSSR count). The summed E-state index contributed by atoms with van der Waals surface area (Å²) in [6.07, 6.45) is -0.931. The highest BCUT2D eigenvalue weighted by Crippen LogP contribution is 2.36. The van der Waals surface area contributed by atoms with Crippen LogP contribution in [0.3, 0.4) is 0 Å². The molecule has 1 aliphatic rings. The number of thiazole rings is 1. The Balaban J connectivity index is 1.55. The van der Waals surface area contributed by atoms with E-state index in [4.69, 9.17) is 4.74 Å². The summed E-state index contributed by atoms with van der Waals surface area (Å²) in [6, 6.07) is 8.20. The third-order valence-electron chi connectivity index (χ3n) is 5.57. The number of likely N-dealkylation sites (tertiary alicyclic amines) is 1. The third-order valence-corrected chi connectivity index (χ3v) is 6.76. The molecular weight excluding hydrogens is 495 g/mol. The molecule has 1 aromatic carbocycles. The van der Waals surface area contributed by atoms with Crippen molar-refractivity contribution in [3.8, 4) is 5.19 Å². The summed E-state index contributed by atoms with van der Waals surface area (Å²) in [5, 5.41) is 4.48. The molecule has 1 fully saturated rings. The maximum atomic E-state index is 12.3. The van der Waals surface area contributed by atoms with E-state index < -0.39 is 12.1 Å². The first-order valence-electron chi connectivity index (χ1n) is 10.1. The van der Waals surface area contributed by atoms with Crippen molar-refractivity contribution in [2.45, 2.75) is 44.5 Å². The Morgan fingerprint density at radius 2 is 2.00 bits per heavy atom. The van der Waals surface area contributed by atoms with Gasteiger partial charge in [0.05, 0.1) is 0 Å². The summed E-state index contributed by atoms with van der Waals surface area (Å²) in [5.74, 6) is -1.58. The van der Waals surface area contributed by atoms with E-state index in [0.29, 0.717) is 17.5 Å². The number of halogens is 4. The molecular formula is C21H25BrF3N3O2S. The molecule has 2 unspecified atom stereocenters. The molecule has 1 aliphatic heterocycles. The molecule has 0 spiro atoms. The van der Waals surface area contributed by atoms with Crippen LogP contribution in [-0.4, -0.2) is 47.6 Å². The summed E-state index contributed by atoms with van der Waals surface area (Å²) < 4.78 is 44.2. The van der Waals surface area contributed by atoms with E-state index in [1.807, 2.05) is 29.8 Å². The molecule has 2 aromatic rings. The number of nitrogens with one attached hydrogen (secondary N) is 1. The molecule has 0 bridgehead atoms. The van der Waals surface area contributed by atoms with E-state index in [-0.39, 0.29) is 18.7 Å². The van der Waals surface area contributed by atoms with Gasteiger partial charge in [0.2, 0.25) is 0 Å². The molecule has 0 radical (unpaired) electrons. The van der Waals surface area contributed by atoms with Gasteiger partial charge in [0, 0.05) is 34.6 Å². The Morgan fingerprint density at radius 1 is 1.32 bits per heavy atom. The first kappa shape index (κ1) is 24.0. The lowest BCUT2D eigenvalue weighted by Crippen LogP contribution is -2.44. The zero-order valence-electron chi connectivity index (χ0n) is 17.1. The second kappa shape index (κ2) is 10.8. The number of rotatable bonds is 8. The number of hydrogen-bond donors (Lipinski definition) is 1. The summed E-state index contributed by atoms with van der Waals surface area (Å²) >= 11 is 4.93. The quantitative estimate of drug-likeness (QED) is 0.521. The molecule has 5 nitrogen and oxygen atoms in total. The van der Waals surface area contributed by atoms with Gasteiger partial charge in [-0.05, 0) is 57.0 Å². The zero-order valence-corrected chi connectivity index (χ0v) is 19.5. The monoisotopic (exact) mass is 519 g/mol. The fourth-order valence-corrected chi connectivity index (χ4v) is 4.59. The number of carbonyl (C=O) groups excluding carboxylic acids is 1. The fraction of sp³-hybridized carbons (Fsp3) is 0.524. The molecule has 170 valence electrons. The van der Waals surface area contributed by atoms with Crippen LogP contribution >= 0.6 is 27.3 Å². The minimum Gasteiger partial charge on any atom is -0.462 e. The van der Waals surface area contributed by atoms with Crippen LogP contribution in [0, 0.1) is 5.92 Å². The molecule has 0 saturated carbocycles. The van der Waals surface area contributed by atoms with Crippen molar-refractivity contribution < 1.29 is 22.7 Å². The number of piperidine rings is 1. The van der Waals surface area contributed by atoms with Crippen molar-refractivity contribution >= 4 is 33.2 Å². The van der Waals surface area contributed by atoms with Crippen LogP contribution in [0.2, 0.25) is 0 Å². The lowest BCUT2D eigenvalue weighted by molar-refractivity contribution is -0.173. The lowest BCUT2D eigenvalue weighted by Gasteiger charge is -2.38. The van der Waals surface area contributed by atoms with Crippen molar-refractivity contribution in [2.75, 3.05) is 19.6 Å². The van der Waals surface area contributed by atoms with Crippen LogP contribution in [0.4, 0.5) is 13.2 Å². The van der Waals surface area contributed by atoms with Gasteiger partial charge >= 0.3 is 12.1 Å². The van der Waals surface area contributed by atoms with E-state index in [1.165, 1.54) is 11.3 Å². The van der Waals surface area contributed by atoms with E-state index in [0.717, 1.165) is 36.0 Å². The molecule has 31 heavy (non-hydrogen) atoms. The van der Waals surface area contributed by atoms with Crippen LogP contribution in [0.5, 0.6) is 5.19 Å². The SMILES string of the molecule is CC(CCNC(=O)C(F)(F)F)N1CCC(C(Oc2nccs2)c2ccc(Br)cc2)CC1. The topological polar surface area (TPSA) is 54.5 Å². The number of nitrogens with zero attached hydrogens (tertiary/aromatic N) is 2. The van der Waals surface area contributed by atoms with Crippen molar-refractivity contribution in [3.63, 3.8) is 0 Å². The Hall–Kier alpha value is -1.65. The lowest BCUT2D eigenvalue weighted by atomic mass is 9.86. The van der Waals surface area contributed by atoms with Crippen molar-refractivity contribution in [1.82, 2.24) is 15.2 Å². The van der Waals surface area contributed by atoms with Crippen molar-refractivity contribution in [3.05, 3.63) is 45.9 Å². The molecule has 1 saturated heterocycles. The largest absolute Gasteiger partial charge is 0.471 e. The van der Waals surface area contributed by atoms with Crippen molar-refractivity contribution in [1.29, 1.82) is 0 Å². The highest BCUT2D eigenvalue weighted by atomic mass is 79.9. The predicted octanol–water partition coefficient (Wildman–Crippen LogP) is 5.19. The molecule has 0 aliphatic carbocycles. The summed E-state index contributed by atoms with van der Waals surface area (Å²) in [4.78, 5) is 17.5. The third kappa shape index (κ3) is 6.92. The van der Waals surface area contributed by atoms with Crippen LogP contribution in [0.1, 0.15) is 37.9 Å². The zero-order chi connectivity index (χ0) is 22.4. The molecule has 1 N–H and O–H groups in total. The average Bonchev–Trinajstić information content (AvgIpc) is 3.25. The molecule has 1 amide bonds. The predicted molar refractivity (Wildman–Crippen MR) is 117 cm³/mol. The van der Waals surface area contributed by atoms with E-state index in [2.05, 4.69) is 37.9 Å². The number of carbonyl (C=O) groups is 1. The summed E-state index contributed by atoms with van der Waals surface area (Å²) in [5.41, 5.74) is 1.10. The highest BCUT2D eigenvalue weighted by Gasteiger charge is 2.38. The number of amides is 1. The Labute approximate surface area is 192 Å². The number of aromatic nitrogens is 1. The minimum atomic E-state index is -4.83. The van der Waals surface area contributed by atoms with Crippen LogP contribution in [-0.2, 0) is 4.79 Å². The van der Waals surface area contributed by atoms with E-state index in [9.17, 15) is 18.0 Å². The van der Waals surface area contributed by atoms with Gasteiger partial charge in [-0.15, -0.1) is 0 Å². The van der Waals surface area contributed by atoms with Gasteiger partial charge < -0.3 is 15.0 Å². The molecule has 2 atom stereocenters. The van der Waals surface area contributed by atoms with Crippen LogP contribution in [0.25, 0.3) is 0 Å². The summed E-state index contributed by atoms with van der Waals surface area (Å²) in [7, 11) is 0. The smallest absolute Gasteiger partial charge is 0.462 e. The van der Waals surface area contributed by atoms with Gasteiger partial charge in [0.15, 0.2) is 0 Å². The second-order valence-electron chi connectivity index (χ2n) is 7.65. The first-order chi connectivity index (χ1) is 14.7. The van der Waals surface area contributed by atoms with Crippen LogP contribution in [0.15, 0.2) is 40.3 Å². The van der Waals surface area contributed by atoms with E-state index >= 15 is 0 Å². The van der Waals surface area contributed by atoms with Gasteiger partial charge in [-0.3, -0.25) is 4.79 Å². The maximum absolute atomic E-state index is 12.3. The average molecular weight is 520 g/mol. The normalized spacial score (nSPS) is 17.8. The van der Waals surface area contributed by atoms with Gasteiger partial charge in [-0.2, -0.15) is 13.2 Å². The van der Waals surface area contributed by atoms with Gasteiger partial charge in [0.1, 0.15) is 6.10 Å². The van der Waals surface area contributed by atoms with Gasteiger partial charge in [0.25, 0.3) is 5.19 Å². The van der Waals surface area contributed by atoms with Gasteiger partial charge in [-0.1, -0.05) is 39.4 Å². The first-order valence-corrected chi connectivity index (χ1v) is 11.8. The molecule has 2 heterocycles. The Kier molecular flexibility index (Phi) is 8.35. The molecule has 10 heteroatoms. The minimum absolute atomic E-state index is 0.00805. The standard InChI is InChI=1S/C21H25BrF3N3O2S/c1-14(6-9-26-19(29)21(23,24)25)28-11-7-16(8-12-28)18(30-20-27-10-13-31-20)15-2-4-17(22)5-3-15/h2-5,10,13-14,16,18H,6-9,11-12H2,1H3,(H,26,29). The summed E-state index contributed by atoms with van der Waals surface area (Å²) in [6.45, 7) is 3.65. The maximum Gasteiger partial charge on any atom is 0.471 e. The van der Waals surface area contributed by atoms with Gasteiger partial charge in [-0.25, -0.2) is 4.98 Å². The Bertz CT molecular complexity index is 825. The Morgan fingerprint density at radius 3 is 2.58 bits per heavy atom.